The lowest BCUT2D eigenvalue weighted by Gasteiger charge is -2.17. The third kappa shape index (κ3) is 5.98. The summed E-state index contributed by atoms with van der Waals surface area (Å²) in [6.45, 7) is 1.42. The number of nitrogens with two attached hydrogens (primary N) is 1. The Kier molecular flexibility index (Phi) is 6.11. The molecule has 0 saturated carbocycles. The van der Waals surface area contributed by atoms with Gasteiger partial charge in [-0.2, -0.15) is 0 Å². The third-order valence-corrected chi connectivity index (χ3v) is 3.39. The highest BCUT2D eigenvalue weighted by Crippen LogP contribution is 2.14. The summed E-state index contributed by atoms with van der Waals surface area (Å²) in [5, 5.41) is 7.82. The highest BCUT2D eigenvalue weighted by Gasteiger charge is 2.20. The number of hydrogen-bond donors (Lipinski definition) is 4. The lowest BCUT2D eigenvalue weighted by Crippen LogP contribution is -2.47. The number of urea groups is 1. The molecule has 7 heteroatoms. The van der Waals surface area contributed by atoms with Crippen LogP contribution >= 0.6 is 0 Å². The molecule has 0 bridgehead atoms. The summed E-state index contributed by atoms with van der Waals surface area (Å²) >= 11 is 0. The van der Waals surface area contributed by atoms with Gasteiger partial charge < -0.3 is 21.7 Å². The normalized spacial score (nSPS) is 11.2. The minimum atomic E-state index is -0.796. The number of nitrogens with one attached hydrogen (secondary N) is 3. The molecule has 0 radical (unpaired) electrons. The third-order valence-electron chi connectivity index (χ3n) is 3.39. The van der Waals surface area contributed by atoms with Gasteiger partial charge in [0.2, 0.25) is 11.8 Å². The monoisotopic (exact) mass is 340 g/mol. The summed E-state index contributed by atoms with van der Waals surface area (Å²) in [5.41, 5.74) is 7.25. The fraction of sp³-hybridized carbons (Fsp3) is 0.167. The van der Waals surface area contributed by atoms with E-state index in [-0.39, 0.29) is 11.8 Å². The van der Waals surface area contributed by atoms with Gasteiger partial charge in [-0.25, -0.2) is 4.79 Å². The summed E-state index contributed by atoms with van der Waals surface area (Å²) in [6.07, 6.45) is 0.319. The quantitative estimate of drug-likeness (QED) is 0.643. The molecule has 0 aliphatic carbocycles. The van der Waals surface area contributed by atoms with Crippen molar-refractivity contribution in [3.8, 4) is 0 Å². The molecule has 7 nitrogen and oxygen atoms in total. The highest BCUT2D eigenvalue weighted by molar-refractivity contribution is 5.97. The average molecular weight is 340 g/mol. The average Bonchev–Trinajstić information content (AvgIpc) is 2.56. The SMILES string of the molecule is CC(=O)Nc1ccc(NC(=O)[C@H](Cc2ccccc2)NC(N)=O)cc1. The molecule has 130 valence electrons. The molecule has 0 fully saturated rings. The maximum atomic E-state index is 12.5. The van der Waals surface area contributed by atoms with Crippen molar-refractivity contribution in [1.29, 1.82) is 0 Å². The van der Waals surface area contributed by atoms with E-state index in [1.54, 1.807) is 24.3 Å². The van der Waals surface area contributed by atoms with Crippen LogP contribution in [0.15, 0.2) is 54.6 Å². The second-order valence-corrected chi connectivity index (χ2v) is 5.50. The Morgan fingerprint density at radius 1 is 0.920 bits per heavy atom. The van der Waals surface area contributed by atoms with Crippen LogP contribution in [-0.2, 0) is 16.0 Å². The van der Waals surface area contributed by atoms with Crippen molar-refractivity contribution < 1.29 is 14.4 Å². The number of carbonyl (C=O) groups is 3. The van der Waals surface area contributed by atoms with Gasteiger partial charge in [0.05, 0.1) is 0 Å². The molecule has 0 aliphatic heterocycles. The molecule has 0 spiro atoms. The number of amides is 4. The van der Waals surface area contributed by atoms with Gasteiger partial charge in [0.25, 0.3) is 0 Å². The van der Waals surface area contributed by atoms with Crippen LogP contribution in [0.4, 0.5) is 16.2 Å². The molecule has 2 aromatic carbocycles. The Morgan fingerprint density at radius 3 is 2.00 bits per heavy atom. The van der Waals surface area contributed by atoms with Crippen LogP contribution in [0.5, 0.6) is 0 Å². The molecule has 0 heterocycles. The number of benzene rings is 2. The van der Waals surface area contributed by atoms with E-state index in [1.807, 2.05) is 30.3 Å². The van der Waals surface area contributed by atoms with Crippen molar-refractivity contribution in [1.82, 2.24) is 5.32 Å². The summed E-state index contributed by atoms with van der Waals surface area (Å²) < 4.78 is 0. The smallest absolute Gasteiger partial charge is 0.312 e. The van der Waals surface area contributed by atoms with E-state index in [1.165, 1.54) is 6.92 Å². The Labute approximate surface area is 145 Å². The standard InChI is InChI=1S/C18H20N4O3/c1-12(23)20-14-7-9-15(10-8-14)21-17(24)16(22-18(19)25)11-13-5-3-2-4-6-13/h2-10,16H,11H2,1H3,(H,20,23)(H,21,24)(H3,19,22,25)/t16-/m0/s1. The first-order valence-corrected chi connectivity index (χ1v) is 7.72. The molecule has 2 aromatic rings. The van der Waals surface area contributed by atoms with Gasteiger partial charge in [0.15, 0.2) is 0 Å². The Bertz CT molecular complexity index is 745. The molecular weight excluding hydrogens is 320 g/mol. The number of rotatable bonds is 6. The number of anilines is 2. The van der Waals surface area contributed by atoms with Gasteiger partial charge in [-0.3, -0.25) is 9.59 Å². The molecule has 0 saturated heterocycles. The van der Waals surface area contributed by atoms with Crippen molar-refractivity contribution in [3.63, 3.8) is 0 Å². The molecule has 5 N–H and O–H groups in total. The van der Waals surface area contributed by atoms with Crippen LogP contribution in [0.25, 0.3) is 0 Å². The second kappa shape index (κ2) is 8.49. The van der Waals surface area contributed by atoms with Crippen molar-refractivity contribution in [3.05, 3.63) is 60.2 Å². The first-order valence-electron chi connectivity index (χ1n) is 7.72. The van der Waals surface area contributed by atoms with Crippen molar-refractivity contribution in [2.24, 2.45) is 5.73 Å². The largest absolute Gasteiger partial charge is 0.352 e. The van der Waals surface area contributed by atoms with Crippen LogP contribution in [0.1, 0.15) is 12.5 Å². The molecule has 25 heavy (non-hydrogen) atoms. The van der Waals surface area contributed by atoms with E-state index in [0.29, 0.717) is 17.8 Å². The fourth-order valence-electron chi connectivity index (χ4n) is 2.30. The van der Waals surface area contributed by atoms with E-state index in [9.17, 15) is 14.4 Å². The van der Waals surface area contributed by atoms with Gasteiger partial charge >= 0.3 is 6.03 Å². The maximum absolute atomic E-state index is 12.5. The molecule has 4 amide bonds. The first kappa shape index (κ1) is 18.0. The minimum Gasteiger partial charge on any atom is -0.352 e. The summed E-state index contributed by atoms with van der Waals surface area (Å²) in [4.78, 5) is 34.7. The predicted octanol–water partition coefficient (Wildman–Crippen LogP) is 1.86. The van der Waals surface area contributed by atoms with Gasteiger partial charge in [0.1, 0.15) is 6.04 Å². The van der Waals surface area contributed by atoms with Crippen LogP contribution in [-0.4, -0.2) is 23.9 Å². The van der Waals surface area contributed by atoms with Gasteiger partial charge in [-0.15, -0.1) is 0 Å². The zero-order valence-electron chi connectivity index (χ0n) is 13.8. The number of hydrogen-bond acceptors (Lipinski definition) is 3. The van der Waals surface area contributed by atoms with Crippen LogP contribution < -0.4 is 21.7 Å². The Hall–Kier alpha value is -3.35. The van der Waals surface area contributed by atoms with E-state index in [0.717, 1.165) is 5.56 Å². The number of carbonyl (C=O) groups excluding carboxylic acids is 3. The highest BCUT2D eigenvalue weighted by atomic mass is 16.2. The van der Waals surface area contributed by atoms with E-state index in [2.05, 4.69) is 16.0 Å². The maximum Gasteiger partial charge on any atom is 0.312 e. The van der Waals surface area contributed by atoms with Gasteiger partial charge in [0, 0.05) is 24.7 Å². The Morgan fingerprint density at radius 2 is 1.48 bits per heavy atom. The van der Waals surface area contributed by atoms with Gasteiger partial charge in [-0.05, 0) is 29.8 Å². The first-order chi connectivity index (χ1) is 11.9. The molecule has 1 atom stereocenters. The zero-order valence-corrected chi connectivity index (χ0v) is 13.8. The van der Waals surface area contributed by atoms with E-state index in [4.69, 9.17) is 5.73 Å². The Balaban J connectivity index is 2.05. The van der Waals surface area contributed by atoms with Gasteiger partial charge in [-0.1, -0.05) is 30.3 Å². The fourth-order valence-corrected chi connectivity index (χ4v) is 2.30. The summed E-state index contributed by atoms with van der Waals surface area (Å²) in [5.74, 6) is -0.555. The van der Waals surface area contributed by atoms with Crippen molar-refractivity contribution in [2.45, 2.75) is 19.4 Å². The summed E-state index contributed by atoms with van der Waals surface area (Å²) in [7, 11) is 0. The minimum absolute atomic E-state index is 0.176. The van der Waals surface area contributed by atoms with Crippen molar-refractivity contribution in [2.75, 3.05) is 10.6 Å². The van der Waals surface area contributed by atoms with Crippen LogP contribution in [0.2, 0.25) is 0 Å². The van der Waals surface area contributed by atoms with Crippen LogP contribution in [0, 0.1) is 0 Å². The predicted molar refractivity (Wildman–Crippen MR) is 96.0 cm³/mol. The number of primary amides is 1. The van der Waals surface area contributed by atoms with E-state index >= 15 is 0 Å². The molecule has 0 aromatic heterocycles. The van der Waals surface area contributed by atoms with E-state index < -0.39 is 12.1 Å². The topological polar surface area (TPSA) is 113 Å². The lowest BCUT2D eigenvalue weighted by molar-refractivity contribution is -0.118. The lowest BCUT2D eigenvalue weighted by atomic mass is 10.1. The van der Waals surface area contributed by atoms with Crippen molar-refractivity contribution >= 4 is 29.2 Å². The molecule has 2 rings (SSSR count). The summed E-state index contributed by atoms with van der Waals surface area (Å²) in [6, 6.07) is 14.4. The van der Waals surface area contributed by atoms with Crippen LogP contribution in [0.3, 0.4) is 0 Å². The molecular formula is C18H20N4O3. The second-order valence-electron chi connectivity index (χ2n) is 5.50. The molecule has 0 unspecified atom stereocenters. The molecule has 0 aliphatic rings. The zero-order chi connectivity index (χ0) is 18.2.